The van der Waals surface area contributed by atoms with E-state index in [1.807, 2.05) is 48.6 Å². The molecule has 318 valence electrons. The van der Waals surface area contributed by atoms with Crippen molar-refractivity contribution in [1.29, 1.82) is 0 Å². The van der Waals surface area contributed by atoms with Crippen molar-refractivity contribution >= 4 is 19.8 Å². The van der Waals surface area contributed by atoms with Crippen molar-refractivity contribution in [3.8, 4) is 0 Å². The van der Waals surface area contributed by atoms with Gasteiger partial charge in [-0.25, -0.2) is 4.57 Å². The fourth-order valence-electron chi connectivity index (χ4n) is 4.74. The maximum atomic E-state index is 12.4. The van der Waals surface area contributed by atoms with Crippen LogP contribution in [0.25, 0.3) is 0 Å². The van der Waals surface area contributed by atoms with Crippen LogP contribution in [0, 0.1) is 0 Å². The highest BCUT2D eigenvalue weighted by atomic mass is 31.2. The molecule has 0 spiro atoms. The number of unbranched alkanes of at least 4 members (excludes halogenated alkanes) is 3. The third-order valence-corrected chi connectivity index (χ3v) is 8.24. The number of carbonyl (C=O) groups excluding carboxylic acids is 2. The number of ether oxygens (including phenoxy) is 2. The van der Waals surface area contributed by atoms with Gasteiger partial charge in [0.05, 0.1) is 12.7 Å². The molecule has 0 aromatic rings. The minimum atomic E-state index is -4.80. The Labute approximate surface area is 344 Å². The Morgan fingerprint density at radius 1 is 0.544 bits per heavy atom. The van der Waals surface area contributed by atoms with Crippen LogP contribution in [-0.2, 0) is 28.2 Å². The molecule has 9 nitrogen and oxygen atoms in total. The van der Waals surface area contributed by atoms with Gasteiger partial charge in [-0.15, -0.1) is 0 Å². The largest absolute Gasteiger partial charge is 0.469 e. The first-order valence-electron chi connectivity index (χ1n) is 20.6. The second kappa shape index (κ2) is 40.4. The van der Waals surface area contributed by atoms with Crippen molar-refractivity contribution in [2.75, 3.05) is 13.2 Å². The number of allylic oxidation sites excluding steroid dienone is 20. The predicted molar refractivity (Wildman–Crippen MR) is 235 cm³/mol. The van der Waals surface area contributed by atoms with Crippen LogP contribution in [0.2, 0.25) is 0 Å². The Morgan fingerprint density at radius 3 is 1.58 bits per heavy atom. The zero-order valence-corrected chi connectivity index (χ0v) is 35.4. The maximum Gasteiger partial charge on any atom is 0.469 e. The predicted octanol–water partition coefficient (Wildman–Crippen LogP) is 11.7. The summed E-state index contributed by atoms with van der Waals surface area (Å²) in [5.41, 5.74) is 0. The fourth-order valence-corrected chi connectivity index (χ4v) is 5.10. The highest BCUT2D eigenvalue weighted by molar-refractivity contribution is 7.46. The van der Waals surface area contributed by atoms with Gasteiger partial charge in [-0.05, 0) is 89.9 Å². The van der Waals surface area contributed by atoms with E-state index in [9.17, 15) is 19.3 Å². The van der Waals surface area contributed by atoms with E-state index in [2.05, 4.69) is 97.4 Å². The maximum absolute atomic E-state index is 12.4. The normalized spacial score (nSPS) is 14.4. The van der Waals surface area contributed by atoms with Crippen LogP contribution in [0.3, 0.4) is 0 Å². The van der Waals surface area contributed by atoms with E-state index >= 15 is 0 Å². The number of aliphatic hydroxyl groups is 1. The van der Waals surface area contributed by atoms with Crippen molar-refractivity contribution in [2.24, 2.45) is 0 Å². The number of rotatable bonds is 35. The summed E-state index contributed by atoms with van der Waals surface area (Å²) in [5.74, 6) is -1.07. The van der Waals surface area contributed by atoms with Crippen molar-refractivity contribution in [3.05, 3.63) is 134 Å². The molecule has 0 aliphatic carbocycles. The first-order valence-corrected chi connectivity index (χ1v) is 22.1. The summed E-state index contributed by atoms with van der Waals surface area (Å²) < 4.78 is 26.3. The van der Waals surface area contributed by atoms with Crippen LogP contribution >= 0.6 is 7.82 Å². The van der Waals surface area contributed by atoms with Crippen LogP contribution in [0.1, 0.15) is 123 Å². The molecule has 10 heteroatoms. The lowest BCUT2D eigenvalue weighted by Crippen LogP contribution is -2.29. The van der Waals surface area contributed by atoms with Gasteiger partial charge in [0.2, 0.25) is 0 Å². The summed E-state index contributed by atoms with van der Waals surface area (Å²) in [6.45, 7) is 3.27. The minimum Gasteiger partial charge on any atom is -0.462 e. The first kappa shape index (κ1) is 53.1. The van der Waals surface area contributed by atoms with E-state index in [0.717, 1.165) is 70.6 Å². The number of hydrogen-bond acceptors (Lipinski definition) is 7. The van der Waals surface area contributed by atoms with Crippen molar-refractivity contribution in [2.45, 2.75) is 135 Å². The number of phosphoric acid groups is 1. The molecular weight excluding hydrogens is 739 g/mol. The zero-order valence-electron chi connectivity index (χ0n) is 34.5. The molecule has 0 aromatic carbocycles. The summed E-state index contributed by atoms with van der Waals surface area (Å²) in [4.78, 5) is 42.8. The molecular formula is C47H71O9P. The standard InChI is InChI=1S/C47H71O9P/c1-3-5-7-9-11-12-13-14-15-16-17-18-19-20-21-26-29-33-37-41-47(50)56-45(43-55-57(51,52)53)42-54-46(49)40-36-32-28-25-23-22-24-27-31-35-39-44(48)38-34-30-10-8-6-4-2/h5-8,11-12,14-15,17-18,20-23,27-28,30-32,34-35,39,44-45,48H,3-4,9-10,13,16,19,24-26,29,33,36-38,40-43H2,1-2H3,(H2,51,52,53)/b7-5-,8-6-,12-11-,15-14-,18-17-,21-20-,23-22-,31-27-,32-28-,34-30-,39-35+/t44?,45-/m1/s1. The van der Waals surface area contributed by atoms with Gasteiger partial charge in [-0.3, -0.25) is 14.1 Å². The lowest BCUT2D eigenvalue weighted by Gasteiger charge is -2.18. The number of phosphoric ester groups is 1. The molecule has 0 radical (unpaired) electrons. The lowest BCUT2D eigenvalue weighted by atomic mass is 10.1. The molecule has 0 aliphatic rings. The molecule has 0 fully saturated rings. The van der Waals surface area contributed by atoms with Gasteiger partial charge in [-0.1, -0.05) is 154 Å². The van der Waals surface area contributed by atoms with Crippen molar-refractivity contribution < 1.29 is 43.0 Å². The van der Waals surface area contributed by atoms with Crippen LogP contribution < -0.4 is 0 Å². The van der Waals surface area contributed by atoms with Crippen LogP contribution in [0.4, 0.5) is 0 Å². The average Bonchev–Trinajstić information content (AvgIpc) is 3.18. The highest BCUT2D eigenvalue weighted by Gasteiger charge is 2.22. The first-order chi connectivity index (χ1) is 27.7. The summed E-state index contributed by atoms with van der Waals surface area (Å²) in [6.07, 6.45) is 56.4. The van der Waals surface area contributed by atoms with E-state index < -0.39 is 38.6 Å². The molecule has 0 aromatic heterocycles. The van der Waals surface area contributed by atoms with Crippen molar-refractivity contribution in [1.82, 2.24) is 0 Å². The van der Waals surface area contributed by atoms with Crippen LogP contribution in [0.15, 0.2) is 134 Å². The molecule has 57 heavy (non-hydrogen) atoms. The quantitative estimate of drug-likeness (QED) is 0.0188. The Bertz CT molecular complexity index is 1390. The SMILES string of the molecule is CC/C=C\C/C=C\C/C=C\C/C=C\C/C=C\CCCCCC(=O)O[C@H](COC(=O)CC/C=C\C/C=C\C/C=C\C=C\C(O)C/C=C\C/C=C\CC)COP(=O)(O)O. The summed E-state index contributed by atoms with van der Waals surface area (Å²) in [6, 6.07) is 0. The van der Waals surface area contributed by atoms with Gasteiger partial charge in [0, 0.05) is 12.8 Å². The highest BCUT2D eigenvalue weighted by Crippen LogP contribution is 2.36. The van der Waals surface area contributed by atoms with Crippen LogP contribution in [-0.4, -0.2) is 52.3 Å². The molecule has 0 rings (SSSR count). The Balaban J connectivity index is 4.22. The smallest absolute Gasteiger partial charge is 0.462 e. The van der Waals surface area contributed by atoms with Gasteiger partial charge in [0.15, 0.2) is 6.10 Å². The monoisotopic (exact) mass is 810 g/mol. The van der Waals surface area contributed by atoms with Gasteiger partial charge < -0.3 is 24.4 Å². The zero-order chi connectivity index (χ0) is 41.9. The molecule has 0 saturated heterocycles. The molecule has 1 unspecified atom stereocenters. The number of aliphatic hydroxyl groups excluding tert-OH is 1. The van der Waals surface area contributed by atoms with Gasteiger partial charge in [0.25, 0.3) is 0 Å². The van der Waals surface area contributed by atoms with E-state index in [0.29, 0.717) is 25.7 Å². The molecule has 0 aliphatic heterocycles. The number of carbonyl (C=O) groups is 2. The number of esters is 2. The average molecular weight is 811 g/mol. The molecule has 0 bridgehead atoms. The minimum absolute atomic E-state index is 0.102. The fraction of sp³-hybridized carbons (Fsp3) is 0.489. The second-order valence-corrected chi connectivity index (χ2v) is 14.3. The number of hydrogen-bond donors (Lipinski definition) is 3. The van der Waals surface area contributed by atoms with Crippen LogP contribution in [0.5, 0.6) is 0 Å². The Kier molecular flexibility index (Phi) is 37.6. The lowest BCUT2D eigenvalue weighted by molar-refractivity contribution is -0.161. The third kappa shape index (κ3) is 43.1. The molecule has 0 amide bonds. The summed E-state index contributed by atoms with van der Waals surface area (Å²) in [5, 5.41) is 9.97. The topological polar surface area (TPSA) is 140 Å². The van der Waals surface area contributed by atoms with Crippen molar-refractivity contribution in [3.63, 3.8) is 0 Å². The van der Waals surface area contributed by atoms with E-state index in [-0.39, 0.29) is 19.4 Å². The molecule has 3 N–H and O–H groups in total. The summed E-state index contributed by atoms with van der Waals surface area (Å²) in [7, 11) is -4.80. The van der Waals surface area contributed by atoms with E-state index in [1.165, 1.54) is 0 Å². The molecule has 0 saturated carbocycles. The molecule has 0 heterocycles. The Hall–Kier alpha value is -3.85. The van der Waals surface area contributed by atoms with Gasteiger partial charge >= 0.3 is 19.8 Å². The van der Waals surface area contributed by atoms with E-state index in [4.69, 9.17) is 19.3 Å². The molecule has 2 atom stereocenters. The summed E-state index contributed by atoms with van der Waals surface area (Å²) >= 11 is 0. The van der Waals surface area contributed by atoms with Gasteiger partial charge in [-0.2, -0.15) is 0 Å². The Morgan fingerprint density at radius 2 is 1.04 bits per heavy atom. The van der Waals surface area contributed by atoms with Gasteiger partial charge in [0.1, 0.15) is 6.61 Å². The second-order valence-electron chi connectivity index (χ2n) is 13.0. The third-order valence-electron chi connectivity index (χ3n) is 7.76. The van der Waals surface area contributed by atoms with E-state index in [1.54, 1.807) is 6.08 Å².